The zero-order chi connectivity index (χ0) is 13.9. The van der Waals surface area contributed by atoms with Crippen LogP contribution in [0.25, 0.3) is 11.0 Å². The average molecular weight is 262 g/mol. The van der Waals surface area contributed by atoms with Gasteiger partial charge in [0.1, 0.15) is 17.8 Å². The van der Waals surface area contributed by atoms with Crippen molar-refractivity contribution >= 4 is 16.8 Å². The zero-order valence-corrected chi connectivity index (χ0v) is 10.5. The predicted octanol–water partition coefficient (Wildman–Crippen LogP) is 3.32. The first-order valence-electron chi connectivity index (χ1n) is 6.11. The molecule has 1 aromatic carbocycles. The fourth-order valence-corrected chi connectivity index (χ4v) is 2.16. The van der Waals surface area contributed by atoms with Gasteiger partial charge in [-0.3, -0.25) is 9.78 Å². The first kappa shape index (κ1) is 12.1. The number of nitrogens with zero attached hydrogens (tertiary/aromatic N) is 2. The lowest BCUT2D eigenvalue weighted by molar-refractivity contribution is 0.0979. The number of carbonyl (C=O) groups is 1. The average Bonchev–Trinajstić information content (AvgIpc) is 2.93. The van der Waals surface area contributed by atoms with E-state index in [0.717, 1.165) is 5.39 Å². The van der Waals surface area contributed by atoms with Gasteiger partial charge in [0.2, 0.25) is 0 Å². The van der Waals surface area contributed by atoms with Gasteiger partial charge in [0.25, 0.3) is 0 Å². The third kappa shape index (κ3) is 1.95. The minimum Gasteiger partial charge on any atom is -0.464 e. The number of aromatic nitrogens is 1. The molecular formula is C16H10N2O2. The number of furan rings is 1. The zero-order valence-electron chi connectivity index (χ0n) is 10.5. The molecule has 0 aliphatic carbocycles. The number of pyridine rings is 1. The number of nitriles is 1. The molecule has 0 spiro atoms. The molecule has 0 saturated heterocycles. The maximum Gasteiger partial charge on any atom is 0.188 e. The number of fused-ring (bicyclic) bond motifs is 1. The van der Waals surface area contributed by atoms with E-state index in [-0.39, 0.29) is 5.78 Å². The Kier molecular flexibility index (Phi) is 3.02. The molecule has 96 valence electrons. The highest BCUT2D eigenvalue weighted by molar-refractivity contribution is 6.11. The van der Waals surface area contributed by atoms with Crippen molar-refractivity contribution in [3.8, 4) is 6.07 Å². The van der Waals surface area contributed by atoms with E-state index in [4.69, 9.17) is 4.42 Å². The number of para-hydroxylation sites is 1. The molecule has 3 aromatic rings. The quantitative estimate of drug-likeness (QED) is 0.679. The largest absolute Gasteiger partial charge is 0.464 e. The number of Topliss-reactive ketones (excluding diaryl/α,β-unsaturated/α-hetero) is 1. The number of hydrogen-bond donors (Lipinski definition) is 0. The lowest BCUT2D eigenvalue weighted by Gasteiger charge is -2.06. The standard InChI is InChI=1S/C16H10N2O2/c17-8-13(11-4-3-7-18-9-11)16(19)14-10-20-15-6-2-1-5-12(14)15/h1-7,9-10,13H. The SMILES string of the molecule is N#CC(C(=O)c1coc2ccccc12)c1cccnc1. The van der Waals surface area contributed by atoms with Gasteiger partial charge >= 0.3 is 0 Å². The van der Waals surface area contributed by atoms with Gasteiger partial charge < -0.3 is 4.42 Å². The van der Waals surface area contributed by atoms with Gasteiger partial charge in [-0.2, -0.15) is 5.26 Å². The molecule has 2 aromatic heterocycles. The third-order valence-electron chi connectivity index (χ3n) is 3.16. The molecule has 1 unspecified atom stereocenters. The molecule has 0 radical (unpaired) electrons. The molecule has 2 heterocycles. The summed E-state index contributed by atoms with van der Waals surface area (Å²) in [5, 5.41) is 10.0. The normalized spacial score (nSPS) is 11.9. The molecule has 20 heavy (non-hydrogen) atoms. The first-order chi connectivity index (χ1) is 9.81. The number of benzene rings is 1. The lowest BCUT2D eigenvalue weighted by Crippen LogP contribution is -2.11. The summed E-state index contributed by atoms with van der Waals surface area (Å²) in [4.78, 5) is 16.5. The monoisotopic (exact) mass is 262 g/mol. The summed E-state index contributed by atoms with van der Waals surface area (Å²) in [6.45, 7) is 0. The van der Waals surface area contributed by atoms with E-state index in [1.54, 1.807) is 24.4 Å². The van der Waals surface area contributed by atoms with Crippen LogP contribution < -0.4 is 0 Å². The van der Waals surface area contributed by atoms with Crippen LogP contribution in [0.4, 0.5) is 0 Å². The highest BCUT2D eigenvalue weighted by Crippen LogP contribution is 2.26. The van der Waals surface area contributed by atoms with Crippen molar-refractivity contribution in [2.45, 2.75) is 5.92 Å². The summed E-state index contributed by atoms with van der Waals surface area (Å²) in [6, 6.07) is 12.7. The van der Waals surface area contributed by atoms with Crippen LogP contribution in [0.5, 0.6) is 0 Å². The van der Waals surface area contributed by atoms with Crippen molar-refractivity contribution in [1.82, 2.24) is 4.98 Å². The summed E-state index contributed by atoms with van der Waals surface area (Å²) < 4.78 is 5.35. The molecule has 1 atom stereocenters. The van der Waals surface area contributed by atoms with Crippen molar-refractivity contribution in [1.29, 1.82) is 5.26 Å². The van der Waals surface area contributed by atoms with E-state index in [0.29, 0.717) is 16.7 Å². The minimum atomic E-state index is -0.871. The number of carbonyl (C=O) groups excluding carboxylic acids is 1. The molecule has 0 N–H and O–H groups in total. The molecule has 0 bridgehead atoms. The summed E-state index contributed by atoms with van der Waals surface area (Å²) >= 11 is 0. The maximum absolute atomic E-state index is 12.5. The van der Waals surface area contributed by atoms with Crippen LogP contribution in [0.3, 0.4) is 0 Å². The molecule has 0 fully saturated rings. The van der Waals surface area contributed by atoms with Crippen molar-refractivity contribution in [2.24, 2.45) is 0 Å². The van der Waals surface area contributed by atoms with E-state index in [2.05, 4.69) is 4.98 Å². The lowest BCUT2D eigenvalue weighted by atomic mass is 9.93. The van der Waals surface area contributed by atoms with Crippen LogP contribution in [-0.2, 0) is 0 Å². The minimum absolute atomic E-state index is 0.273. The Labute approximate surface area is 115 Å². The van der Waals surface area contributed by atoms with Gasteiger partial charge in [-0.1, -0.05) is 24.3 Å². The number of rotatable bonds is 3. The van der Waals surface area contributed by atoms with E-state index in [1.165, 1.54) is 12.5 Å². The molecule has 4 heteroatoms. The van der Waals surface area contributed by atoms with Gasteiger partial charge in [0.05, 0.1) is 11.6 Å². The molecule has 0 aliphatic heterocycles. The molecule has 0 amide bonds. The Morgan fingerprint density at radius 2 is 2.10 bits per heavy atom. The highest BCUT2D eigenvalue weighted by Gasteiger charge is 2.24. The summed E-state index contributed by atoms with van der Waals surface area (Å²) in [6.07, 6.45) is 4.55. The molecule has 0 saturated carbocycles. The van der Waals surface area contributed by atoms with Gasteiger partial charge in [0.15, 0.2) is 5.78 Å². The number of ketones is 1. The Morgan fingerprint density at radius 1 is 1.25 bits per heavy atom. The second-order valence-electron chi connectivity index (χ2n) is 4.36. The van der Waals surface area contributed by atoms with Crippen LogP contribution in [0.2, 0.25) is 0 Å². The van der Waals surface area contributed by atoms with Crippen molar-refractivity contribution in [3.63, 3.8) is 0 Å². The predicted molar refractivity (Wildman–Crippen MR) is 73.1 cm³/mol. The van der Waals surface area contributed by atoms with E-state index >= 15 is 0 Å². The topological polar surface area (TPSA) is 66.9 Å². The first-order valence-corrected chi connectivity index (χ1v) is 6.11. The van der Waals surface area contributed by atoms with Crippen LogP contribution in [0.1, 0.15) is 21.8 Å². The second kappa shape index (κ2) is 4.98. The van der Waals surface area contributed by atoms with E-state index in [1.807, 2.05) is 24.3 Å². The van der Waals surface area contributed by atoms with Crippen LogP contribution in [0.15, 0.2) is 59.5 Å². The Bertz CT molecular complexity index is 800. The summed E-state index contributed by atoms with van der Waals surface area (Å²) in [7, 11) is 0. The molecular weight excluding hydrogens is 252 g/mol. The van der Waals surface area contributed by atoms with Crippen LogP contribution in [0, 0.1) is 11.3 Å². The van der Waals surface area contributed by atoms with Gasteiger partial charge in [0, 0.05) is 17.8 Å². The summed E-state index contributed by atoms with van der Waals surface area (Å²) in [5.41, 5.74) is 1.65. The fourth-order valence-electron chi connectivity index (χ4n) is 2.16. The van der Waals surface area contributed by atoms with Crippen molar-refractivity contribution < 1.29 is 9.21 Å². The molecule has 4 nitrogen and oxygen atoms in total. The fraction of sp³-hybridized carbons (Fsp3) is 0.0625. The van der Waals surface area contributed by atoms with E-state index < -0.39 is 5.92 Å². The van der Waals surface area contributed by atoms with Crippen molar-refractivity contribution in [3.05, 3.63) is 66.2 Å². The molecule has 3 rings (SSSR count). The van der Waals surface area contributed by atoms with E-state index in [9.17, 15) is 10.1 Å². The van der Waals surface area contributed by atoms with Gasteiger partial charge in [-0.25, -0.2) is 0 Å². The maximum atomic E-state index is 12.5. The van der Waals surface area contributed by atoms with Crippen LogP contribution in [-0.4, -0.2) is 10.8 Å². The highest BCUT2D eigenvalue weighted by atomic mass is 16.3. The Morgan fingerprint density at radius 3 is 2.85 bits per heavy atom. The van der Waals surface area contributed by atoms with Crippen molar-refractivity contribution in [2.75, 3.05) is 0 Å². The van der Waals surface area contributed by atoms with Gasteiger partial charge in [-0.15, -0.1) is 0 Å². The Hall–Kier alpha value is -2.93. The number of hydrogen-bond acceptors (Lipinski definition) is 4. The Balaban J connectivity index is 2.06. The molecule has 0 aliphatic rings. The van der Waals surface area contributed by atoms with Gasteiger partial charge in [-0.05, 0) is 17.7 Å². The smallest absolute Gasteiger partial charge is 0.188 e. The summed E-state index contributed by atoms with van der Waals surface area (Å²) in [5.74, 6) is -1.14. The van der Waals surface area contributed by atoms with Crippen LogP contribution >= 0.6 is 0 Å². The second-order valence-corrected chi connectivity index (χ2v) is 4.36. The third-order valence-corrected chi connectivity index (χ3v) is 3.16.